The fourth-order valence-electron chi connectivity index (χ4n) is 3.11. The third kappa shape index (κ3) is 3.42. The van der Waals surface area contributed by atoms with Crippen molar-refractivity contribution < 1.29 is 4.79 Å². The summed E-state index contributed by atoms with van der Waals surface area (Å²) in [5.74, 6) is 0.953. The Morgan fingerprint density at radius 3 is 2.00 bits per heavy atom. The highest BCUT2D eigenvalue weighted by molar-refractivity contribution is 7.98. The van der Waals surface area contributed by atoms with E-state index in [1.807, 2.05) is 72.4 Å². The zero-order chi connectivity index (χ0) is 17.8. The van der Waals surface area contributed by atoms with Crippen molar-refractivity contribution in [2.45, 2.75) is 10.6 Å². The maximum absolute atomic E-state index is 12.9. The lowest BCUT2D eigenvalue weighted by Crippen LogP contribution is -2.02. The summed E-state index contributed by atoms with van der Waals surface area (Å²) in [6, 6.07) is 32.1. The minimum Gasteiger partial charge on any atom is -0.289 e. The van der Waals surface area contributed by atoms with E-state index in [1.165, 1.54) is 10.5 Å². The molecule has 2 heteroatoms. The van der Waals surface area contributed by atoms with Crippen molar-refractivity contribution in [1.29, 1.82) is 0 Å². The molecule has 0 saturated heterocycles. The Hall–Kier alpha value is -2.84. The molecule has 26 heavy (non-hydrogen) atoms. The molecule has 4 aromatic rings. The third-order valence-electron chi connectivity index (χ3n) is 4.43. The van der Waals surface area contributed by atoms with Crippen LogP contribution in [0.4, 0.5) is 0 Å². The highest BCUT2D eigenvalue weighted by atomic mass is 32.2. The zero-order valence-corrected chi connectivity index (χ0v) is 15.1. The second-order valence-corrected chi connectivity index (χ2v) is 7.16. The van der Waals surface area contributed by atoms with Crippen LogP contribution in [0.5, 0.6) is 0 Å². The van der Waals surface area contributed by atoms with Gasteiger partial charge in [0.25, 0.3) is 0 Å². The predicted octanol–water partition coefficient (Wildman–Crippen LogP) is 6.36. The molecule has 0 bridgehead atoms. The smallest absolute Gasteiger partial charge is 0.193 e. The van der Waals surface area contributed by atoms with Crippen LogP contribution in [-0.2, 0) is 5.75 Å². The molecule has 4 aromatic carbocycles. The summed E-state index contributed by atoms with van der Waals surface area (Å²) in [7, 11) is 0. The van der Waals surface area contributed by atoms with Gasteiger partial charge in [-0.15, -0.1) is 11.8 Å². The third-order valence-corrected chi connectivity index (χ3v) is 5.49. The molecular formula is C24H18OS. The first-order chi connectivity index (χ1) is 12.8. The van der Waals surface area contributed by atoms with Crippen LogP contribution in [0.2, 0.25) is 0 Å². The van der Waals surface area contributed by atoms with Crippen molar-refractivity contribution in [3.05, 3.63) is 114 Å². The first-order valence-electron chi connectivity index (χ1n) is 8.61. The van der Waals surface area contributed by atoms with Crippen LogP contribution in [0.25, 0.3) is 10.8 Å². The van der Waals surface area contributed by atoms with E-state index >= 15 is 0 Å². The summed E-state index contributed by atoms with van der Waals surface area (Å²) >= 11 is 1.81. The van der Waals surface area contributed by atoms with E-state index < -0.39 is 0 Å². The van der Waals surface area contributed by atoms with Gasteiger partial charge in [0.1, 0.15) is 0 Å². The number of rotatable bonds is 5. The lowest BCUT2D eigenvalue weighted by molar-refractivity contribution is 0.104. The van der Waals surface area contributed by atoms with Crippen molar-refractivity contribution in [3.63, 3.8) is 0 Å². The maximum atomic E-state index is 12.9. The standard InChI is InChI=1S/C24H18OS/c25-24(18-9-3-1-4-10-18)23-16-15-19(21-13-7-8-14-22(21)23)17-26-20-11-5-2-6-12-20/h1-16H,17H2. The molecule has 0 amide bonds. The number of carbonyl (C=O) groups is 1. The van der Waals surface area contributed by atoms with Crippen LogP contribution in [0.3, 0.4) is 0 Å². The Bertz CT molecular complexity index is 1040. The molecule has 4 rings (SSSR count). The number of benzene rings is 4. The van der Waals surface area contributed by atoms with Gasteiger partial charge in [-0.1, -0.05) is 84.9 Å². The predicted molar refractivity (Wildman–Crippen MR) is 110 cm³/mol. The van der Waals surface area contributed by atoms with Crippen LogP contribution in [0, 0.1) is 0 Å². The molecule has 0 radical (unpaired) electrons. The molecule has 1 nitrogen and oxygen atoms in total. The first kappa shape index (κ1) is 16.6. The lowest BCUT2D eigenvalue weighted by atomic mass is 9.95. The summed E-state index contributed by atoms with van der Waals surface area (Å²) in [6.45, 7) is 0. The molecule has 0 aliphatic rings. The van der Waals surface area contributed by atoms with Gasteiger partial charge in [-0.2, -0.15) is 0 Å². The fourth-order valence-corrected chi connectivity index (χ4v) is 4.03. The molecule has 126 valence electrons. The van der Waals surface area contributed by atoms with Gasteiger partial charge in [0.15, 0.2) is 5.78 Å². The minimum atomic E-state index is 0.0732. The largest absolute Gasteiger partial charge is 0.289 e. The zero-order valence-electron chi connectivity index (χ0n) is 14.3. The lowest BCUT2D eigenvalue weighted by Gasteiger charge is -2.11. The summed E-state index contributed by atoms with van der Waals surface area (Å²) < 4.78 is 0. The van der Waals surface area contributed by atoms with Gasteiger partial charge in [0, 0.05) is 21.8 Å². The average Bonchev–Trinajstić information content (AvgIpc) is 2.73. The number of fused-ring (bicyclic) bond motifs is 1. The van der Waals surface area contributed by atoms with Gasteiger partial charge in [0.2, 0.25) is 0 Å². The van der Waals surface area contributed by atoms with E-state index in [4.69, 9.17) is 0 Å². The maximum Gasteiger partial charge on any atom is 0.193 e. The summed E-state index contributed by atoms with van der Waals surface area (Å²) in [5, 5.41) is 2.17. The highest BCUT2D eigenvalue weighted by Crippen LogP contribution is 2.30. The SMILES string of the molecule is O=C(c1ccccc1)c1ccc(CSc2ccccc2)c2ccccc12. The Balaban J connectivity index is 1.71. The molecule has 0 unspecified atom stereocenters. The minimum absolute atomic E-state index is 0.0732. The normalized spacial score (nSPS) is 10.8. The molecule has 0 heterocycles. The van der Waals surface area contributed by atoms with Crippen LogP contribution in [0.15, 0.2) is 102 Å². The van der Waals surface area contributed by atoms with Gasteiger partial charge in [0.05, 0.1) is 0 Å². The average molecular weight is 354 g/mol. The monoisotopic (exact) mass is 354 g/mol. The van der Waals surface area contributed by atoms with Gasteiger partial charge < -0.3 is 0 Å². The Morgan fingerprint density at radius 2 is 1.27 bits per heavy atom. The van der Waals surface area contributed by atoms with Crippen LogP contribution >= 0.6 is 11.8 Å². The van der Waals surface area contributed by atoms with Crippen molar-refractivity contribution in [3.8, 4) is 0 Å². The van der Waals surface area contributed by atoms with E-state index in [2.05, 4.69) is 36.4 Å². The van der Waals surface area contributed by atoms with E-state index in [9.17, 15) is 4.79 Å². The van der Waals surface area contributed by atoms with Gasteiger partial charge in [-0.05, 0) is 28.5 Å². The van der Waals surface area contributed by atoms with E-state index in [0.29, 0.717) is 0 Å². The quantitative estimate of drug-likeness (QED) is 0.306. The summed E-state index contributed by atoms with van der Waals surface area (Å²) in [5.41, 5.74) is 2.74. The molecule has 0 saturated carbocycles. The molecule has 0 aromatic heterocycles. The number of carbonyl (C=O) groups excluding carboxylic acids is 1. The van der Waals surface area contributed by atoms with Gasteiger partial charge >= 0.3 is 0 Å². The molecule has 0 N–H and O–H groups in total. The van der Waals surface area contributed by atoms with Crippen molar-refractivity contribution in [2.24, 2.45) is 0 Å². The van der Waals surface area contributed by atoms with Crippen molar-refractivity contribution >= 4 is 28.3 Å². The van der Waals surface area contributed by atoms with Crippen molar-refractivity contribution in [1.82, 2.24) is 0 Å². The van der Waals surface area contributed by atoms with Gasteiger partial charge in [-0.25, -0.2) is 0 Å². The van der Waals surface area contributed by atoms with E-state index in [0.717, 1.165) is 27.7 Å². The Labute approximate surface area is 157 Å². The molecule has 0 spiro atoms. The van der Waals surface area contributed by atoms with E-state index in [-0.39, 0.29) is 5.78 Å². The molecule has 0 fully saturated rings. The summed E-state index contributed by atoms with van der Waals surface area (Å²) in [4.78, 5) is 14.2. The van der Waals surface area contributed by atoms with Crippen LogP contribution in [0.1, 0.15) is 21.5 Å². The number of hydrogen-bond donors (Lipinski definition) is 0. The second-order valence-electron chi connectivity index (χ2n) is 6.11. The topological polar surface area (TPSA) is 17.1 Å². The number of hydrogen-bond acceptors (Lipinski definition) is 2. The van der Waals surface area contributed by atoms with Crippen LogP contribution < -0.4 is 0 Å². The van der Waals surface area contributed by atoms with Crippen LogP contribution in [-0.4, -0.2) is 5.78 Å². The molecule has 0 aliphatic carbocycles. The van der Waals surface area contributed by atoms with E-state index in [1.54, 1.807) is 0 Å². The fraction of sp³-hybridized carbons (Fsp3) is 0.0417. The molecule has 0 atom stereocenters. The number of ketones is 1. The Kier molecular flexibility index (Phi) is 4.85. The first-order valence-corrected chi connectivity index (χ1v) is 9.60. The van der Waals surface area contributed by atoms with Gasteiger partial charge in [-0.3, -0.25) is 4.79 Å². The molecule has 0 aliphatic heterocycles. The highest BCUT2D eigenvalue weighted by Gasteiger charge is 2.14. The molecular weight excluding hydrogens is 336 g/mol. The summed E-state index contributed by atoms with van der Waals surface area (Å²) in [6.07, 6.45) is 0. The Morgan fingerprint density at radius 1 is 0.654 bits per heavy atom. The second kappa shape index (κ2) is 7.59. The number of thioether (sulfide) groups is 1. The van der Waals surface area contributed by atoms with Crippen molar-refractivity contribution in [2.75, 3.05) is 0 Å².